The van der Waals surface area contributed by atoms with Crippen LogP contribution in [0.3, 0.4) is 0 Å². The monoisotopic (exact) mass is 318 g/mol. The third-order valence-corrected chi connectivity index (χ3v) is 3.57. The lowest BCUT2D eigenvalue weighted by Gasteiger charge is -2.12. The van der Waals surface area contributed by atoms with E-state index in [1.54, 1.807) is 13.2 Å². The van der Waals surface area contributed by atoms with Crippen molar-refractivity contribution in [1.82, 2.24) is 0 Å². The summed E-state index contributed by atoms with van der Waals surface area (Å²) in [6.07, 6.45) is 0. The van der Waals surface area contributed by atoms with Gasteiger partial charge < -0.3 is 15.4 Å². The Hall–Kier alpha value is -3.27. The fraction of sp³-hybridized carbons (Fsp3) is 0.0500. The van der Waals surface area contributed by atoms with Crippen LogP contribution in [-0.2, 0) is 0 Å². The molecule has 0 heterocycles. The second-order valence-corrected chi connectivity index (χ2v) is 5.22. The first kappa shape index (κ1) is 15.6. The van der Waals surface area contributed by atoms with Crippen LogP contribution in [0.25, 0.3) is 0 Å². The van der Waals surface area contributed by atoms with E-state index in [0.29, 0.717) is 5.56 Å². The molecule has 1 amide bonds. The SMILES string of the molecule is COc1ccc(NC(=O)c2ccccc2Nc2ccccc2)cc1. The van der Waals surface area contributed by atoms with Gasteiger partial charge in [-0.2, -0.15) is 0 Å². The minimum atomic E-state index is -0.167. The second-order valence-electron chi connectivity index (χ2n) is 5.22. The molecule has 4 nitrogen and oxygen atoms in total. The number of carbonyl (C=O) groups excluding carboxylic acids is 1. The highest BCUT2D eigenvalue weighted by atomic mass is 16.5. The van der Waals surface area contributed by atoms with E-state index in [2.05, 4.69) is 10.6 Å². The molecule has 0 saturated carbocycles. The van der Waals surface area contributed by atoms with Gasteiger partial charge in [-0.05, 0) is 48.5 Å². The predicted octanol–water partition coefficient (Wildman–Crippen LogP) is 4.69. The molecule has 0 aromatic heterocycles. The van der Waals surface area contributed by atoms with Gasteiger partial charge in [0.15, 0.2) is 0 Å². The Bertz CT molecular complexity index is 815. The summed E-state index contributed by atoms with van der Waals surface area (Å²) in [6.45, 7) is 0. The Morgan fingerprint density at radius 2 is 1.46 bits per heavy atom. The van der Waals surface area contributed by atoms with E-state index in [0.717, 1.165) is 22.8 Å². The molecule has 3 rings (SSSR count). The minimum Gasteiger partial charge on any atom is -0.497 e. The molecular weight excluding hydrogens is 300 g/mol. The fourth-order valence-corrected chi connectivity index (χ4v) is 2.34. The van der Waals surface area contributed by atoms with Crippen molar-refractivity contribution < 1.29 is 9.53 Å². The zero-order chi connectivity index (χ0) is 16.8. The van der Waals surface area contributed by atoms with Crippen molar-refractivity contribution in [1.29, 1.82) is 0 Å². The number of ether oxygens (including phenoxy) is 1. The first-order valence-electron chi connectivity index (χ1n) is 7.63. The van der Waals surface area contributed by atoms with E-state index in [-0.39, 0.29) is 5.91 Å². The lowest BCUT2D eigenvalue weighted by molar-refractivity contribution is 0.102. The standard InChI is InChI=1S/C20H18N2O2/c1-24-17-13-11-16(12-14-17)22-20(23)18-9-5-6-10-19(18)21-15-7-3-2-4-8-15/h2-14,21H,1H3,(H,22,23). The number of benzene rings is 3. The van der Waals surface area contributed by atoms with Crippen LogP contribution in [-0.4, -0.2) is 13.0 Å². The topological polar surface area (TPSA) is 50.4 Å². The molecule has 0 aliphatic carbocycles. The molecule has 0 atom stereocenters. The van der Waals surface area contributed by atoms with Crippen LogP contribution in [0.1, 0.15) is 10.4 Å². The molecule has 0 aliphatic heterocycles. The van der Waals surface area contributed by atoms with Gasteiger partial charge in [0, 0.05) is 11.4 Å². The number of para-hydroxylation sites is 2. The molecule has 0 aliphatic rings. The first-order valence-corrected chi connectivity index (χ1v) is 7.63. The normalized spacial score (nSPS) is 10.0. The van der Waals surface area contributed by atoms with E-state index in [4.69, 9.17) is 4.74 Å². The molecule has 2 N–H and O–H groups in total. The maximum Gasteiger partial charge on any atom is 0.257 e. The Labute approximate surface area is 141 Å². The summed E-state index contributed by atoms with van der Waals surface area (Å²) >= 11 is 0. The Kier molecular flexibility index (Phi) is 4.77. The summed E-state index contributed by atoms with van der Waals surface area (Å²) in [7, 11) is 1.61. The van der Waals surface area contributed by atoms with Crippen molar-refractivity contribution in [3.05, 3.63) is 84.4 Å². The van der Waals surface area contributed by atoms with Crippen molar-refractivity contribution >= 4 is 23.0 Å². The number of nitrogens with one attached hydrogen (secondary N) is 2. The van der Waals surface area contributed by atoms with Gasteiger partial charge in [-0.15, -0.1) is 0 Å². The number of hydrogen-bond donors (Lipinski definition) is 2. The number of carbonyl (C=O) groups is 1. The van der Waals surface area contributed by atoms with Crippen LogP contribution in [0.2, 0.25) is 0 Å². The van der Waals surface area contributed by atoms with Crippen molar-refractivity contribution in [2.24, 2.45) is 0 Å². The molecule has 4 heteroatoms. The van der Waals surface area contributed by atoms with Crippen LogP contribution in [0.15, 0.2) is 78.9 Å². The summed E-state index contributed by atoms with van der Waals surface area (Å²) in [6, 6.07) is 24.4. The van der Waals surface area contributed by atoms with Gasteiger partial charge in [-0.3, -0.25) is 4.79 Å². The highest BCUT2D eigenvalue weighted by Gasteiger charge is 2.11. The Morgan fingerprint density at radius 3 is 2.17 bits per heavy atom. The molecule has 0 saturated heterocycles. The van der Waals surface area contributed by atoms with Gasteiger partial charge in [-0.25, -0.2) is 0 Å². The molecule has 3 aromatic carbocycles. The zero-order valence-corrected chi connectivity index (χ0v) is 13.3. The molecule has 0 radical (unpaired) electrons. The van der Waals surface area contributed by atoms with Gasteiger partial charge >= 0.3 is 0 Å². The maximum absolute atomic E-state index is 12.6. The van der Waals surface area contributed by atoms with Crippen LogP contribution in [0, 0.1) is 0 Å². The van der Waals surface area contributed by atoms with E-state index < -0.39 is 0 Å². The van der Waals surface area contributed by atoms with Crippen LogP contribution in [0.5, 0.6) is 5.75 Å². The fourth-order valence-electron chi connectivity index (χ4n) is 2.34. The third kappa shape index (κ3) is 3.73. The Morgan fingerprint density at radius 1 is 0.792 bits per heavy atom. The minimum absolute atomic E-state index is 0.167. The van der Waals surface area contributed by atoms with E-state index in [1.807, 2.05) is 72.8 Å². The van der Waals surface area contributed by atoms with Gasteiger partial charge in [-0.1, -0.05) is 30.3 Å². The molecule has 3 aromatic rings. The van der Waals surface area contributed by atoms with Gasteiger partial charge in [0.05, 0.1) is 18.4 Å². The molecule has 0 fully saturated rings. The highest BCUT2D eigenvalue weighted by Crippen LogP contribution is 2.22. The van der Waals surface area contributed by atoms with Crippen LogP contribution >= 0.6 is 0 Å². The van der Waals surface area contributed by atoms with Gasteiger partial charge in [0.2, 0.25) is 0 Å². The van der Waals surface area contributed by atoms with Crippen LogP contribution in [0.4, 0.5) is 17.1 Å². The number of methoxy groups -OCH3 is 1. The van der Waals surface area contributed by atoms with Crippen molar-refractivity contribution in [3.8, 4) is 5.75 Å². The summed E-state index contributed by atoms with van der Waals surface area (Å²) in [5.74, 6) is 0.582. The summed E-state index contributed by atoms with van der Waals surface area (Å²) in [5.41, 5.74) is 2.99. The number of hydrogen-bond acceptors (Lipinski definition) is 3. The van der Waals surface area contributed by atoms with Crippen molar-refractivity contribution in [2.75, 3.05) is 17.7 Å². The number of anilines is 3. The smallest absolute Gasteiger partial charge is 0.257 e. The molecule has 0 unspecified atom stereocenters. The quantitative estimate of drug-likeness (QED) is 0.717. The number of amides is 1. The highest BCUT2D eigenvalue weighted by molar-refractivity contribution is 6.08. The third-order valence-electron chi connectivity index (χ3n) is 3.57. The van der Waals surface area contributed by atoms with Crippen LogP contribution < -0.4 is 15.4 Å². The Balaban J connectivity index is 1.79. The first-order chi connectivity index (χ1) is 11.8. The van der Waals surface area contributed by atoms with Gasteiger partial charge in [0.1, 0.15) is 5.75 Å². The average Bonchev–Trinajstić information content (AvgIpc) is 2.63. The average molecular weight is 318 g/mol. The lowest BCUT2D eigenvalue weighted by Crippen LogP contribution is -2.13. The van der Waals surface area contributed by atoms with E-state index in [9.17, 15) is 4.79 Å². The lowest BCUT2D eigenvalue weighted by atomic mass is 10.1. The molecule has 0 bridgehead atoms. The molecule has 120 valence electrons. The predicted molar refractivity (Wildman–Crippen MR) is 97.1 cm³/mol. The maximum atomic E-state index is 12.6. The largest absolute Gasteiger partial charge is 0.497 e. The summed E-state index contributed by atoms with van der Waals surface area (Å²) < 4.78 is 5.12. The summed E-state index contributed by atoms with van der Waals surface area (Å²) in [4.78, 5) is 12.6. The van der Waals surface area contributed by atoms with Gasteiger partial charge in [0.25, 0.3) is 5.91 Å². The molecule has 24 heavy (non-hydrogen) atoms. The van der Waals surface area contributed by atoms with E-state index >= 15 is 0 Å². The molecular formula is C20H18N2O2. The number of rotatable bonds is 5. The van der Waals surface area contributed by atoms with Crippen molar-refractivity contribution in [3.63, 3.8) is 0 Å². The van der Waals surface area contributed by atoms with E-state index in [1.165, 1.54) is 0 Å². The molecule has 0 spiro atoms. The zero-order valence-electron chi connectivity index (χ0n) is 13.3. The summed E-state index contributed by atoms with van der Waals surface area (Å²) in [5, 5.41) is 6.18. The second kappa shape index (κ2) is 7.33. The van der Waals surface area contributed by atoms with Crippen molar-refractivity contribution in [2.45, 2.75) is 0 Å².